The molecular formula is C15H17NO3. The molecule has 19 heavy (non-hydrogen) atoms. The Morgan fingerprint density at radius 1 is 1.11 bits per heavy atom. The normalized spacial score (nSPS) is 12.0. The number of aromatic nitrogens is 1. The largest absolute Gasteiger partial charge is 0.496 e. The van der Waals surface area contributed by atoms with Crippen molar-refractivity contribution in [2.75, 3.05) is 14.2 Å². The lowest BCUT2D eigenvalue weighted by Gasteiger charge is -2.17. The van der Waals surface area contributed by atoms with Crippen LogP contribution in [0.15, 0.2) is 36.5 Å². The van der Waals surface area contributed by atoms with Crippen molar-refractivity contribution in [2.45, 2.75) is 13.0 Å². The zero-order valence-corrected chi connectivity index (χ0v) is 11.3. The van der Waals surface area contributed by atoms with Gasteiger partial charge in [0.15, 0.2) is 0 Å². The second kappa shape index (κ2) is 5.71. The van der Waals surface area contributed by atoms with Gasteiger partial charge in [-0.1, -0.05) is 11.6 Å². The number of ether oxygens (including phenoxy) is 2. The first kappa shape index (κ1) is 13.4. The highest BCUT2D eigenvalue weighted by molar-refractivity contribution is 5.44. The fourth-order valence-corrected chi connectivity index (χ4v) is 2.00. The average molecular weight is 259 g/mol. The second-order valence-electron chi connectivity index (χ2n) is 4.24. The molecule has 2 aromatic rings. The minimum Gasteiger partial charge on any atom is -0.496 e. The number of hydrogen-bond donors (Lipinski definition) is 1. The summed E-state index contributed by atoms with van der Waals surface area (Å²) < 4.78 is 10.5. The van der Waals surface area contributed by atoms with Crippen LogP contribution in [0.2, 0.25) is 0 Å². The number of methoxy groups -OCH3 is 2. The maximum absolute atomic E-state index is 10.5. The lowest BCUT2D eigenvalue weighted by Crippen LogP contribution is -2.06. The summed E-state index contributed by atoms with van der Waals surface area (Å²) >= 11 is 0. The quantitative estimate of drug-likeness (QED) is 0.916. The lowest BCUT2D eigenvalue weighted by atomic mass is 10.0. The number of rotatable bonds is 4. The highest BCUT2D eigenvalue weighted by Gasteiger charge is 2.20. The summed E-state index contributed by atoms with van der Waals surface area (Å²) in [5, 5.41) is 10.5. The summed E-state index contributed by atoms with van der Waals surface area (Å²) in [6, 6.07) is 9.20. The Kier molecular flexibility index (Phi) is 4.02. The molecule has 0 aliphatic rings. The molecular weight excluding hydrogens is 242 g/mol. The second-order valence-corrected chi connectivity index (χ2v) is 4.24. The van der Waals surface area contributed by atoms with Gasteiger partial charge in [0.1, 0.15) is 23.3 Å². The molecule has 0 fully saturated rings. The van der Waals surface area contributed by atoms with E-state index in [0.717, 1.165) is 5.56 Å². The van der Waals surface area contributed by atoms with Gasteiger partial charge in [0, 0.05) is 11.8 Å². The molecule has 0 saturated carbocycles. The van der Waals surface area contributed by atoms with Gasteiger partial charge in [-0.3, -0.25) is 4.98 Å². The van der Waals surface area contributed by atoms with E-state index in [0.29, 0.717) is 22.8 Å². The third-order valence-corrected chi connectivity index (χ3v) is 2.96. The molecule has 0 spiro atoms. The first-order chi connectivity index (χ1) is 9.17. The van der Waals surface area contributed by atoms with E-state index in [-0.39, 0.29) is 0 Å². The average Bonchev–Trinajstić information content (AvgIpc) is 2.46. The van der Waals surface area contributed by atoms with Crippen LogP contribution in [-0.4, -0.2) is 24.3 Å². The standard InChI is InChI=1S/C15H17NO3/c1-10-6-7-12(18-2)11(9-10)15(17)14-13(19-3)5-4-8-16-14/h4-9,15,17H,1-3H3. The molecule has 4 nitrogen and oxygen atoms in total. The van der Waals surface area contributed by atoms with Crippen LogP contribution in [0.3, 0.4) is 0 Å². The van der Waals surface area contributed by atoms with E-state index >= 15 is 0 Å². The molecule has 1 unspecified atom stereocenters. The van der Waals surface area contributed by atoms with Crippen molar-refractivity contribution >= 4 is 0 Å². The number of hydrogen-bond acceptors (Lipinski definition) is 4. The number of aryl methyl sites for hydroxylation is 1. The van der Waals surface area contributed by atoms with Gasteiger partial charge in [0.2, 0.25) is 0 Å². The third-order valence-electron chi connectivity index (χ3n) is 2.96. The van der Waals surface area contributed by atoms with E-state index in [4.69, 9.17) is 9.47 Å². The number of pyridine rings is 1. The fourth-order valence-electron chi connectivity index (χ4n) is 2.00. The maximum Gasteiger partial charge on any atom is 0.143 e. The lowest BCUT2D eigenvalue weighted by molar-refractivity contribution is 0.204. The SMILES string of the molecule is COc1ccc(C)cc1C(O)c1ncccc1OC. The van der Waals surface area contributed by atoms with Crippen LogP contribution >= 0.6 is 0 Å². The molecule has 1 aromatic heterocycles. The predicted octanol–water partition coefficient (Wildman–Crippen LogP) is 2.49. The van der Waals surface area contributed by atoms with Gasteiger partial charge in [0.05, 0.1) is 14.2 Å². The Hall–Kier alpha value is -2.07. The molecule has 0 amide bonds. The van der Waals surface area contributed by atoms with Crippen LogP contribution in [0.5, 0.6) is 11.5 Å². The van der Waals surface area contributed by atoms with Crippen LogP contribution in [0.1, 0.15) is 22.9 Å². The molecule has 1 heterocycles. The van der Waals surface area contributed by atoms with Crippen LogP contribution < -0.4 is 9.47 Å². The molecule has 0 aliphatic carbocycles. The van der Waals surface area contributed by atoms with E-state index in [1.165, 1.54) is 0 Å². The third kappa shape index (κ3) is 2.69. The molecule has 4 heteroatoms. The molecule has 0 aliphatic heterocycles. The maximum atomic E-state index is 10.5. The van der Waals surface area contributed by atoms with Gasteiger partial charge in [-0.25, -0.2) is 0 Å². The van der Waals surface area contributed by atoms with Crippen molar-refractivity contribution in [3.8, 4) is 11.5 Å². The Morgan fingerprint density at radius 2 is 1.84 bits per heavy atom. The van der Waals surface area contributed by atoms with Gasteiger partial charge in [-0.2, -0.15) is 0 Å². The van der Waals surface area contributed by atoms with E-state index in [2.05, 4.69) is 4.98 Å². The monoisotopic (exact) mass is 259 g/mol. The summed E-state index contributed by atoms with van der Waals surface area (Å²) in [5.74, 6) is 1.18. The molecule has 1 aromatic carbocycles. The van der Waals surface area contributed by atoms with Crippen molar-refractivity contribution < 1.29 is 14.6 Å². The predicted molar refractivity (Wildman–Crippen MR) is 72.6 cm³/mol. The van der Waals surface area contributed by atoms with E-state index < -0.39 is 6.10 Å². The minimum atomic E-state index is -0.883. The van der Waals surface area contributed by atoms with Gasteiger partial charge in [-0.05, 0) is 31.2 Å². The van der Waals surface area contributed by atoms with Crippen LogP contribution in [0.25, 0.3) is 0 Å². The Morgan fingerprint density at radius 3 is 2.53 bits per heavy atom. The molecule has 0 saturated heterocycles. The van der Waals surface area contributed by atoms with Crippen molar-refractivity contribution in [3.05, 3.63) is 53.3 Å². The molecule has 1 N–H and O–H groups in total. The molecule has 0 radical (unpaired) electrons. The van der Waals surface area contributed by atoms with Crippen LogP contribution in [0.4, 0.5) is 0 Å². The van der Waals surface area contributed by atoms with Crippen molar-refractivity contribution in [2.24, 2.45) is 0 Å². The topological polar surface area (TPSA) is 51.6 Å². The smallest absolute Gasteiger partial charge is 0.143 e. The van der Waals surface area contributed by atoms with Gasteiger partial charge >= 0.3 is 0 Å². The zero-order chi connectivity index (χ0) is 13.8. The summed E-state index contributed by atoms with van der Waals surface area (Å²) in [7, 11) is 3.14. The fraction of sp³-hybridized carbons (Fsp3) is 0.267. The highest BCUT2D eigenvalue weighted by Crippen LogP contribution is 2.33. The van der Waals surface area contributed by atoms with Crippen molar-refractivity contribution in [1.29, 1.82) is 0 Å². The van der Waals surface area contributed by atoms with E-state index in [1.54, 1.807) is 32.5 Å². The van der Waals surface area contributed by atoms with Gasteiger partial charge in [-0.15, -0.1) is 0 Å². The number of benzene rings is 1. The molecule has 2 rings (SSSR count). The van der Waals surface area contributed by atoms with Crippen molar-refractivity contribution in [1.82, 2.24) is 4.98 Å². The Bertz CT molecular complexity index is 569. The Labute approximate surface area is 112 Å². The summed E-state index contributed by atoms with van der Waals surface area (Å²) in [6.07, 6.45) is 0.745. The molecule has 1 atom stereocenters. The van der Waals surface area contributed by atoms with Crippen molar-refractivity contribution in [3.63, 3.8) is 0 Å². The van der Waals surface area contributed by atoms with Crippen LogP contribution in [0, 0.1) is 6.92 Å². The number of aliphatic hydroxyl groups excluding tert-OH is 1. The summed E-state index contributed by atoms with van der Waals surface area (Å²) in [6.45, 7) is 1.96. The minimum absolute atomic E-state index is 0.480. The highest BCUT2D eigenvalue weighted by atomic mass is 16.5. The van der Waals surface area contributed by atoms with Crippen LogP contribution in [-0.2, 0) is 0 Å². The summed E-state index contributed by atoms with van der Waals surface area (Å²) in [5.41, 5.74) is 2.21. The Balaban J connectivity index is 2.49. The number of aliphatic hydroxyl groups is 1. The van der Waals surface area contributed by atoms with Gasteiger partial charge < -0.3 is 14.6 Å². The first-order valence-corrected chi connectivity index (χ1v) is 5.99. The molecule has 100 valence electrons. The van der Waals surface area contributed by atoms with E-state index in [9.17, 15) is 5.11 Å². The zero-order valence-electron chi connectivity index (χ0n) is 11.3. The number of nitrogens with zero attached hydrogens (tertiary/aromatic N) is 1. The molecule has 0 bridgehead atoms. The first-order valence-electron chi connectivity index (χ1n) is 5.99. The van der Waals surface area contributed by atoms with E-state index in [1.807, 2.05) is 25.1 Å². The van der Waals surface area contributed by atoms with Gasteiger partial charge in [0.25, 0.3) is 0 Å². The summed E-state index contributed by atoms with van der Waals surface area (Å²) in [4.78, 5) is 4.20.